The van der Waals surface area contributed by atoms with Crippen LogP contribution in [0.3, 0.4) is 0 Å². The fourth-order valence-corrected chi connectivity index (χ4v) is 5.03. The summed E-state index contributed by atoms with van der Waals surface area (Å²) < 4.78 is 0.487. The van der Waals surface area contributed by atoms with Gasteiger partial charge in [-0.25, -0.2) is 0 Å². The molecule has 28 heavy (non-hydrogen) atoms. The molecule has 2 aliphatic heterocycles. The van der Waals surface area contributed by atoms with E-state index in [0.717, 1.165) is 24.2 Å². The molecule has 0 N–H and O–H groups in total. The molecular weight excluding hydrogens is 431 g/mol. The van der Waals surface area contributed by atoms with Crippen molar-refractivity contribution in [3.63, 3.8) is 0 Å². The summed E-state index contributed by atoms with van der Waals surface area (Å²) in [6.07, 6.45) is 4.41. The third-order valence-electron chi connectivity index (χ3n) is 4.97. The van der Waals surface area contributed by atoms with E-state index < -0.39 is 0 Å². The minimum atomic E-state index is -0.142. The number of thioether (sulfide) groups is 1. The van der Waals surface area contributed by atoms with Crippen molar-refractivity contribution in [1.29, 1.82) is 0 Å². The molecule has 7 heteroatoms. The molecule has 3 nitrogen and oxygen atoms in total. The summed E-state index contributed by atoms with van der Waals surface area (Å²) in [5.41, 5.74) is 4.04. The first-order valence-electron chi connectivity index (χ1n) is 9.02. The molecule has 2 heterocycles. The minimum absolute atomic E-state index is 0.142. The van der Waals surface area contributed by atoms with Crippen LogP contribution in [0.2, 0.25) is 10.0 Å². The number of anilines is 2. The number of nitrogens with zero attached hydrogens (tertiary/aromatic N) is 2. The number of thiocarbonyl (C=S) groups is 1. The van der Waals surface area contributed by atoms with Crippen LogP contribution < -0.4 is 9.80 Å². The van der Waals surface area contributed by atoms with Gasteiger partial charge >= 0.3 is 0 Å². The van der Waals surface area contributed by atoms with Crippen LogP contribution in [0.15, 0.2) is 41.3 Å². The van der Waals surface area contributed by atoms with Gasteiger partial charge in [0.25, 0.3) is 5.91 Å². The summed E-state index contributed by atoms with van der Waals surface area (Å²) in [6.45, 7) is 4.30. The van der Waals surface area contributed by atoms with Gasteiger partial charge in [-0.1, -0.05) is 53.2 Å². The number of amides is 1. The predicted octanol–water partition coefficient (Wildman–Crippen LogP) is 6.31. The molecule has 2 aromatic carbocycles. The maximum Gasteiger partial charge on any atom is 0.270 e. The highest BCUT2D eigenvalue weighted by molar-refractivity contribution is 8.27. The molecule has 0 saturated carbocycles. The van der Waals surface area contributed by atoms with Gasteiger partial charge in [0.15, 0.2) is 4.32 Å². The molecule has 0 aromatic heterocycles. The number of rotatable bonds is 3. The zero-order valence-electron chi connectivity index (χ0n) is 15.2. The van der Waals surface area contributed by atoms with Gasteiger partial charge in [0.1, 0.15) is 0 Å². The van der Waals surface area contributed by atoms with Crippen molar-refractivity contribution in [1.82, 2.24) is 0 Å². The van der Waals surface area contributed by atoms with E-state index >= 15 is 0 Å². The van der Waals surface area contributed by atoms with Crippen LogP contribution in [0.5, 0.6) is 0 Å². The lowest BCUT2D eigenvalue weighted by molar-refractivity contribution is -0.113. The number of benzene rings is 2. The Balaban J connectivity index is 1.61. The molecule has 144 valence electrons. The normalized spacial score (nSPS) is 18.6. The Morgan fingerprint density at radius 1 is 1.04 bits per heavy atom. The molecule has 0 aliphatic carbocycles. The second-order valence-electron chi connectivity index (χ2n) is 6.85. The molecular formula is C21H18Cl2N2OS2. The maximum absolute atomic E-state index is 13.0. The van der Waals surface area contributed by atoms with E-state index in [9.17, 15) is 4.79 Å². The van der Waals surface area contributed by atoms with Gasteiger partial charge in [0, 0.05) is 18.8 Å². The number of aryl methyl sites for hydroxylation is 1. The fraction of sp³-hybridized carbons (Fsp3) is 0.238. The Kier molecular flexibility index (Phi) is 5.70. The highest BCUT2D eigenvalue weighted by atomic mass is 35.5. The fourth-order valence-electron chi connectivity index (χ4n) is 3.45. The molecule has 4 rings (SSSR count). The summed E-state index contributed by atoms with van der Waals surface area (Å²) in [4.78, 5) is 17.5. The van der Waals surface area contributed by atoms with E-state index in [0.29, 0.717) is 25.0 Å². The molecule has 0 bridgehead atoms. The van der Waals surface area contributed by atoms with Gasteiger partial charge in [0.2, 0.25) is 0 Å². The standard InChI is InChI=1S/C21H18Cl2N2OS2/c1-13-10-15(24-8-2-3-9-24)5-4-14(13)11-19-20(26)25(21(27)28-19)16-6-7-17(22)18(23)12-16/h4-7,10-12H,2-3,8-9H2,1H3/b19-11-. The highest BCUT2D eigenvalue weighted by Gasteiger charge is 2.33. The molecule has 2 aromatic rings. The van der Waals surface area contributed by atoms with Crippen LogP contribution in [-0.4, -0.2) is 23.3 Å². The number of hydrogen-bond donors (Lipinski definition) is 0. The van der Waals surface area contributed by atoms with Crippen molar-refractivity contribution >= 4 is 74.9 Å². The van der Waals surface area contributed by atoms with Crippen molar-refractivity contribution in [2.75, 3.05) is 22.9 Å². The van der Waals surface area contributed by atoms with Crippen LogP contribution in [0, 0.1) is 6.92 Å². The van der Waals surface area contributed by atoms with E-state index in [1.54, 1.807) is 18.2 Å². The van der Waals surface area contributed by atoms with Gasteiger partial charge in [-0.3, -0.25) is 9.69 Å². The van der Waals surface area contributed by atoms with E-state index in [2.05, 4.69) is 30.0 Å². The van der Waals surface area contributed by atoms with Gasteiger partial charge in [-0.15, -0.1) is 0 Å². The largest absolute Gasteiger partial charge is 0.372 e. The minimum Gasteiger partial charge on any atom is -0.372 e. The highest BCUT2D eigenvalue weighted by Crippen LogP contribution is 2.38. The second-order valence-corrected chi connectivity index (χ2v) is 9.34. The second kappa shape index (κ2) is 8.07. The summed E-state index contributed by atoms with van der Waals surface area (Å²) >= 11 is 18.8. The number of halogens is 2. The van der Waals surface area contributed by atoms with Crippen LogP contribution >= 0.6 is 47.2 Å². The van der Waals surface area contributed by atoms with Gasteiger partial charge in [0.05, 0.1) is 20.6 Å². The average Bonchev–Trinajstić information content (AvgIpc) is 3.28. The zero-order chi connectivity index (χ0) is 19.8. The lowest BCUT2D eigenvalue weighted by Gasteiger charge is -2.18. The van der Waals surface area contributed by atoms with E-state index in [1.807, 2.05) is 6.08 Å². The van der Waals surface area contributed by atoms with Crippen LogP contribution in [0.4, 0.5) is 11.4 Å². The topological polar surface area (TPSA) is 23.6 Å². The quantitative estimate of drug-likeness (QED) is 0.405. The molecule has 2 aliphatic rings. The van der Waals surface area contributed by atoms with Crippen molar-refractivity contribution in [2.45, 2.75) is 19.8 Å². The smallest absolute Gasteiger partial charge is 0.270 e. The molecule has 1 amide bonds. The Hall–Kier alpha value is -1.53. The lowest BCUT2D eigenvalue weighted by atomic mass is 10.1. The summed E-state index contributed by atoms with van der Waals surface area (Å²) in [7, 11) is 0. The number of carbonyl (C=O) groups is 1. The first kappa shape index (κ1) is 19.8. The SMILES string of the molecule is Cc1cc(N2CCCC2)ccc1/C=C1\SC(=S)N(c2ccc(Cl)c(Cl)c2)C1=O. The van der Waals surface area contributed by atoms with Crippen molar-refractivity contribution in [3.05, 3.63) is 62.5 Å². The summed E-state index contributed by atoms with van der Waals surface area (Å²) in [6, 6.07) is 11.5. The monoisotopic (exact) mass is 448 g/mol. The first-order chi connectivity index (χ1) is 13.4. The summed E-state index contributed by atoms with van der Waals surface area (Å²) in [5.74, 6) is -0.142. The van der Waals surface area contributed by atoms with E-state index in [1.165, 1.54) is 35.2 Å². The third-order valence-corrected chi connectivity index (χ3v) is 7.01. The van der Waals surface area contributed by atoms with Gasteiger partial charge in [-0.05, 0) is 67.3 Å². The van der Waals surface area contributed by atoms with Crippen molar-refractivity contribution in [2.24, 2.45) is 0 Å². The molecule has 2 saturated heterocycles. The number of hydrogen-bond acceptors (Lipinski definition) is 4. The Labute approximate surface area is 184 Å². The first-order valence-corrected chi connectivity index (χ1v) is 11.0. The Morgan fingerprint density at radius 2 is 1.75 bits per heavy atom. The van der Waals surface area contributed by atoms with Crippen molar-refractivity contribution in [3.8, 4) is 0 Å². The van der Waals surface area contributed by atoms with Crippen LogP contribution in [0.1, 0.15) is 24.0 Å². The molecule has 0 spiro atoms. The van der Waals surface area contributed by atoms with E-state index in [-0.39, 0.29) is 5.91 Å². The average molecular weight is 449 g/mol. The summed E-state index contributed by atoms with van der Waals surface area (Å²) in [5, 5.41) is 0.839. The molecule has 0 unspecified atom stereocenters. The van der Waals surface area contributed by atoms with Crippen molar-refractivity contribution < 1.29 is 4.79 Å². The van der Waals surface area contributed by atoms with Crippen LogP contribution in [0.25, 0.3) is 6.08 Å². The van der Waals surface area contributed by atoms with Gasteiger partial charge in [-0.2, -0.15) is 0 Å². The Morgan fingerprint density at radius 3 is 2.43 bits per heavy atom. The molecule has 0 atom stereocenters. The number of carbonyl (C=O) groups excluding carboxylic acids is 1. The zero-order valence-corrected chi connectivity index (χ0v) is 18.4. The van der Waals surface area contributed by atoms with Crippen LogP contribution in [-0.2, 0) is 4.79 Å². The third kappa shape index (κ3) is 3.81. The predicted molar refractivity (Wildman–Crippen MR) is 125 cm³/mol. The Bertz CT molecular complexity index is 1000. The van der Waals surface area contributed by atoms with E-state index in [4.69, 9.17) is 35.4 Å². The molecule has 2 fully saturated rings. The van der Waals surface area contributed by atoms with Gasteiger partial charge < -0.3 is 4.90 Å². The maximum atomic E-state index is 13.0. The lowest BCUT2D eigenvalue weighted by Crippen LogP contribution is -2.27. The molecule has 0 radical (unpaired) electrons.